The molecule has 20 heavy (non-hydrogen) atoms. The van der Waals surface area contributed by atoms with Gasteiger partial charge >= 0.3 is 0 Å². The first-order valence-corrected chi connectivity index (χ1v) is 7.18. The molecular weight excluding hydrogens is 316 g/mol. The van der Waals surface area contributed by atoms with Gasteiger partial charge in [-0.05, 0) is 65.2 Å². The quantitative estimate of drug-likeness (QED) is 0.744. The lowest BCUT2D eigenvalue weighted by Crippen LogP contribution is -1.86. The average Bonchev–Trinajstić information content (AvgIpc) is 2.82. The van der Waals surface area contributed by atoms with Crippen molar-refractivity contribution in [1.82, 2.24) is 9.97 Å². The van der Waals surface area contributed by atoms with Gasteiger partial charge in [0.2, 0.25) is 0 Å². The Balaban J connectivity index is 2.15. The van der Waals surface area contributed by atoms with Gasteiger partial charge in [0.05, 0.1) is 22.6 Å². The molecule has 1 aromatic heterocycles. The van der Waals surface area contributed by atoms with E-state index < -0.39 is 0 Å². The predicted octanol–water partition coefficient (Wildman–Crippen LogP) is 4.62. The maximum absolute atomic E-state index is 5.25. The summed E-state index contributed by atoms with van der Waals surface area (Å²) in [5.74, 6) is 1.69. The number of ether oxygens (including phenoxy) is 1. The Morgan fingerprint density at radius 3 is 2.65 bits per heavy atom. The minimum absolute atomic E-state index is 0.817. The molecule has 0 aliphatic carbocycles. The summed E-state index contributed by atoms with van der Waals surface area (Å²) in [7, 11) is 1.66. The van der Waals surface area contributed by atoms with Crippen molar-refractivity contribution in [3.05, 3.63) is 45.9 Å². The lowest BCUT2D eigenvalue weighted by Gasteiger charge is -2.04. The second-order valence-electron chi connectivity index (χ2n) is 4.91. The van der Waals surface area contributed by atoms with Crippen LogP contribution in [0.1, 0.15) is 11.1 Å². The number of nitrogens with zero attached hydrogens (tertiary/aromatic N) is 1. The fraction of sp³-hybridized carbons (Fsp3) is 0.188. The summed E-state index contributed by atoms with van der Waals surface area (Å²) >= 11 is 3.51. The zero-order chi connectivity index (χ0) is 14.3. The van der Waals surface area contributed by atoms with Crippen LogP contribution in [-0.4, -0.2) is 17.1 Å². The number of aryl methyl sites for hydroxylation is 2. The van der Waals surface area contributed by atoms with Gasteiger partial charge in [-0.2, -0.15) is 0 Å². The van der Waals surface area contributed by atoms with E-state index in [1.54, 1.807) is 7.11 Å². The standard InChI is InChI=1S/C16H15BrN2O/c1-9-6-10(2)15-13(7-9)18-16(19-15)11-4-5-14(20-3)12(17)8-11/h4-8H,1-3H3,(H,18,19). The smallest absolute Gasteiger partial charge is 0.138 e. The molecule has 0 radical (unpaired) electrons. The Hall–Kier alpha value is -1.81. The normalized spacial score (nSPS) is 11.0. The molecule has 3 rings (SSSR count). The van der Waals surface area contributed by atoms with Gasteiger partial charge in [-0.15, -0.1) is 0 Å². The highest BCUT2D eigenvalue weighted by molar-refractivity contribution is 9.10. The number of nitrogens with one attached hydrogen (secondary N) is 1. The van der Waals surface area contributed by atoms with Crippen molar-refractivity contribution in [3.63, 3.8) is 0 Å². The number of hydrogen-bond acceptors (Lipinski definition) is 2. The summed E-state index contributed by atoms with van der Waals surface area (Å²) in [5.41, 5.74) is 5.56. The molecule has 2 aromatic carbocycles. The molecule has 3 nitrogen and oxygen atoms in total. The van der Waals surface area contributed by atoms with Crippen LogP contribution in [-0.2, 0) is 0 Å². The first-order chi connectivity index (χ1) is 9.58. The second-order valence-corrected chi connectivity index (χ2v) is 5.77. The molecule has 0 bridgehead atoms. The highest BCUT2D eigenvalue weighted by Gasteiger charge is 2.09. The minimum atomic E-state index is 0.817. The van der Waals surface area contributed by atoms with Gasteiger partial charge in [-0.25, -0.2) is 4.98 Å². The molecule has 3 aromatic rings. The largest absolute Gasteiger partial charge is 0.496 e. The van der Waals surface area contributed by atoms with E-state index in [2.05, 4.69) is 46.9 Å². The van der Waals surface area contributed by atoms with Crippen molar-refractivity contribution in [1.29, 1.82) is 0 Å². The molecule has 0 saturated carbocycles. The predicted molar refractivity (Wildman–Crippen MR) is 85.3 cm³/mol. The van der Waals surface area contributed by atoms with Crippen molar-refractivity contribution < 1.29 is 4.74 Å². The highest BCUT2D eigenvalue weighted by atomic mass is 79.9. The van der Waals surface area contributed by atoms with Gasteiger partial charge in [0.15, 0.2) is 0 Å². The van der Waals surface area contributed by atoms with Crippen LogP contribution in [0.25, 0.3) is 22.4 Å². The molecule has 0 aliphatic rings. The number of hydrogen-bond donors (Lipinski definition) is 1. The van der Waals surface area contributed by atoms with Crippen molar-refractivity contribution in [3.8, 4) is 17.1 Å². The van der Waals surface area contributed by atoms with Gasteiger partial charge < -0.3 is 9.72 Å². The number of fused-ring (bicyclic) bond motifs is 1. The van der Waals surface area contributed by atoms with Gasteiger partial charge in [0.1, 0.15) is 11.6 Å². The van der Waals surface area contributed by atoms with E-state index >= 15 is 0 Å². The molecule has 0 unspecified atom stereocenters. The van der Waals surface area contributed by atoms with Crippen LogP contribution in [0.15, 0.2) is 34.8 Å². The molecule has 0 atom stereocenters. The summed E-state index contributed by atoms with van der Waals surface area (Å²) in [6.07, 6.45) is 0. The highest BCUT2D eigenvalue weighted by Crippen LogP contribution is 2.30. The third kappa shape index (κ3) is 2.20. The van der Waals surface area contributed by atoms with E-state index in [-0.39, 0.29) is 0 Å². The van der Waals surface area contributed by atoms with E-state index in [1.807, 2.05) is 18.2 Å². The van der Waals surface area contributed by atoms with Crippen LogP contribution in [0.5, 0.6) is 5.75 Å². The SMILES string of the molecule is COc1ccc(-c2nc3c(C)cc(C)cc3[nH]2)cc1Br. The fourth-order valence-electron chi connectivity index (χ4n) is 2.42. The summed E-state index contributed by atoms with van der Waals surface area (Å²) in [6.45, 7) is 4.18. The van der Waals surface area contributed by atoms with E-state index in [1.165, 1.54) is 11.1 Å². The average molecular weight is 331 g/mol. The van der Waals surface area contributed by atoms with Crippen LogP contribution >= 0.6 is 15.9 Å². The molecule has 0 spiro atoms. The Bertz CT molecular complexity index is 793. The van der Waals surface area contributed by atoms with Gasteiger partial charge in [-0.3, -0.25) is 0 Å². The molecule has 4 heteroatoms. The lowest BCUT2D eigenvalue weighted by atomic mass is 10.1. The third-order valence-electron chi connectivity index (χ3n) is 3.35. The van der Waals surface area contributed by atoms with E-state index in [0.29, 0.717) is 0 Å². The van der Waals surface area contributed by atoms with Crippen molar-refractivity contribution >= 4 is 27.0 Å². The monoisotopic (exact) mass is 330 g/mol. The number of aromatic nitrogens is 2. The molecule has 0 saturated heterocycles. The summed E-state index contributed by atoms with van der Waals surface area (Å²) < 4.78 is 6.17. The Labute approximate surface area is 126 Å². The zero-order valence-corrected chi connectivity index (χ0v) is 13.2. The van der Waals surface area contributed by atoms with Crippen molar-refractivity contribution in [2.75, 3.05) is 7.11 Å². The van der Waals surface area contributed by atoms with E-state index in [9.17, 15) is 0 Å². The van der Waals surface area contributed by atoms with Crippen LogP contribution < -0.4 is 4.74 Å². The zero-order valence-electron chi connectivity index (χ0n) is 11.6. The maximum atomic E-state index is 5.25. The minimum Gasteiger partial charge on any atom is -0.496 e. The number of halogens is 1. The number of imidazole rings is 1. The summed E-state index contributed by atoms with van der Waals surface area (Å²) in [6, 6.07) is 10.2. The molecule has 102 valence electrons. The van der Waals surface area contributed by atoms with E-state index in [0.717, 1.165) is 32.6 Å². The fourth-order valence-corrected chi connectivity index (χ4v) is 2.96. The molecule has 1 heterocycles. The summed E-state index contributed by atoms with van der Waals surface area (Å²) in [4.78, 5) is 8.09. The van der Waals surface area contributed by atoms with Gasteiger partial charge in [0, 0.05) is 5.56 Å². The van der Waals surface area contributed by atoms with Crippen molar-refractivity contribution in [2.45, 2.75) is 13.8 Å². The first-order valence-electron chi connectivity index (χ1n) is 6.39. The third-order valence-corrected chi connectivity index (χ3v) is 3.97. The van der Waals surface area contributed by atoms with Crippen LogP contribution in [0.2, 0.25) is 0 Å². The molecule has 0 aliphatic heterocycles. The van der Waals surface area contributed by atoms with Crippen LogP contribution in [0.3, 0.4) is 0 Å². The molecule has 1 N–H and O–H groups in total. The van der Waals surface area contributed by atoms with Crippen LogP contribution in [0, 0.1) is 13.8 Å². The van der Waals surface area contributed by atoms with E-state index in [4.69, 9.17) is 9.72 Å². The number of rotatable bonds is 2. The van der Waals surface area contributed by atoms with Crippen molar-refractivity contribution in [2.24, 2.45) is 0 Å². The number of methoxy groups -OCH3 is 1. The number of aromatic amines is 1. The topological polar surface area (TPSA) is 37.9 Å². The Kier molecular flexibility index (Phi) is 3.26. The second kappa shape index (κ2) is 4.94. The first kappa shape index (κ1) is 13.2. The lowest BCUT2D eigenvalue weighted by molar-refractivity contribution is 0.412. The Morgan fingerprint density at radius 1 is 1.15 bits per heavy atom. The maximum Gasteiger partial charge on any atom is 0.138 e. The number of benzene rings is 2. The number of H-pyrrole nitrogens is 1. The molecule has 0 amide bonds. The van der Waals surface area contributed by atoms with Gasteiger partial charge in [0.25, 0.3) is 0 Å². The van der Waals surface area contributed by atoms with Crippen LogP contribution in [0.4, 0.5) is 0 Å². The van der Waals surface area contributed by atoms with Gasteiger partial charge in [-0.1, -0.05) is 6.07 Å². The molecular formula is C16H15BrN2O. The summed E-state index contributed by atoms with van der Waals surface area (Å²) in [5, 5.41) is 0. The molecule has 0 fully saturated rings. The Morgan fingerprint density at radius 2 is 1.95 bits per heavy atom.